The molecule has 16 heavy (non-hydrogen) atoms. The zero-order valence-electron chi connectivity index (χ0n) is 9.96. The summed E-state index contributed by atoms with van der Waals surface area (Å²) in [5.41, 5.74) is 0.615. The standard InChI is InChI=1S/C11H18ClN3O/c1-11(2,4-5-12)8-13-10(16)9-6-14-15(3)7-9/h6-7H,4-5,8H2,1-3H3,(H,13,16). The quantitative estimate of drug-likeness (QED) is 0.802. The zero-order valence-corrected chi connectivity index (χ0v) is 10.7. The van der Waals surface area contributed by atoms with E-state index in [1.54, 1.807) is 24.1 Å². The van der Waals surface area contributed by atoms with Gasteiger partial charge in [-0.1, -0.05) is 13.8 Å². The van der Waals surface area contributed by atoms with E-state index < -0.39 is 0 Å². The predicted octanol–water partition coefficient (Wildman–Crippen LogP) is 1.80. The van der Waals surface area contributed by atoms with Crippen LogP contribution in [0.25, 0.3) is 0 Å². The molecule has 5 heteroatoms. The monoisotopic (exact) mass is 243 g/mol. The third-order valence-electron chi connectivity index (χ3n) is 2.47. The van der Waals surface area contributed by atoms with Crippen molar-refractivity contribution in [1.29, 1.82) is 0 Å². The number of carbonyl (C=O) groups is 1. The molecule has 1 amide bonds. The Bertz CT molecular complexity index is 360. The summed E-state index contributed by atoms with van der Waals surface area (Å²) in [6.45, 7) is 4.78. The molecule has 0 aromatic carbocycles. The number of rotatable bonds is 5. The number of hydrogen-bond donors (Lipinski definition) is 1. The summed E-state index contributed by atoms with van der Waals surface area (Å²) in [6, 6.07) is 0. The van der Waals surface area contributed by atoms with Crippen LogP contribution in [0.2, 0.25) is 0 Å². The van der Waals surface area contributed by atoms with Gasteiger partial charge in [0.05, 0.1) is 11.8 Å². The van der Waals surface area contributed by atoms with Gasteiger partial charge in [0.2, 0.25) is 0 Å². The van der Waals surface area contributed by atoms with E-state index in [0.29, 0.717) is 18.0 Å². The summed E-state index contributed by atoms with van der Waals surface area (Å²) in [5, 5.41) is 6.84. The fraction of sp³-hybridized carbons (Fsp3) is 0.636. The van der Waals surface area contributed by atoms with Crippen LogP contribution >= 0.6 is 11.6 Å². The van der Waals surface area contributed by atoms with Crippen molar-refractivity contribution in [1.82, 2.24) is 15.1 Å². The van der Waals surface area contributed by atoms with Crippen molar-refractivity contribution in [3.8, 4) is 0 Å². The Labute approximate surface area is 101 Å². The Balaban J connectivity index is 2.47. The van der Waals surface area contributed by atoms with Crippen LogP contribution in [0.3, 0.4) is 0 Å². The van der Waals surface area contributed by atoms with Gasteiger partial charge in [-0.3, -0.25) is 9.48 Å². The summed E-state index contributed by atoms with van der Waals surface area (Å²) in [4.78, 5) is 11.7. The van der Waals surface area contributed by atoms with E-state index in [-0.39, 0.29) is 11.3 Å². The minimum Gasteiger partial charge on any atom is -0.351 e. The molecule has 0 radical (unpaired) electrons. The molecule has 1 aromatic rings. The molecule has 0 saturated heterocycles. The fourth-order valence-corrected chi connectivity index (χ4v) is 1.82. The molecule has 0 atom stereocenters. The van der Waals surface area contributed by atoms with Gasteiger partial charge in [-0.2, -0.15) is 5.10 Å². The van der Waals surface area contributed by atoms with E-state index in [0.717, 1.165) is 6.42 Å². The summed E-state index contributed by atoms with van der Waals surface area (Å²) in [7, 11) is 1.79. The highest BCUT2D eigenvalue weighted by Gasteiger charge is 2.18. The van der Waals surface area contributed by atoms with Crippen molar-refractivity contribution in [3.63, 3.8) is 0 Å². The molecular weight excluding hydrogens is 226 g/mol. The predicted molar refractivity (Wildman–Crippen MR) is 64.7 cm³/mol. The molecule has 1 heterocycles. The molecule has 0 saturated carbocycles. The van der Waals surface area contributed by atoms with E-state index in [9.17, 15) is 4.79 Å². The SMILES string of the molecule is Cn1cc(C(=O)NCC(C)(C)CCCl)cn1. The summed E-state index contributed by atoms with van der Waals surface area (Å²) in [5.74, 6) is 0.520. The summed E-state index contributed by atoms with van der Waals surface area (Å²) < 4.78 is 1.61. The highest BCUT2D eigenvalue weighted by molar-refractivity contribution is 6.17. The topological polar surface area (TPSA) is 46.9 Å². The molecule has 1 aromatic heterocycles. The summed E-state index contributed by atoms with van der Waals surface area (Å²) in [6.07, 6.45) is 4.13. The number of nitrogens with zero attached hydrogens (tertiary/aromatic N) is 2. The Morgan fingerprint density at radius 2 is 2.31 bits per heavy atom. The average molecular weight is 244 g/mol. The van der Waals surface area contributed by atoms with Crippen LogP contribution in [0.15, 0.2) is 12.4 Å². The van der Waals surface area contributed by atoms with Crippen molar-refractivity contribution < 1.29 is 4.79 Å². The number of nitrogens with one attached hydrogen (secondary N) is 1. The van der Waals surface area contributed by atoms with E-state index in [1.807, 2.05) is 0 Å². The Hall–Kier alpha value is -1.03. The lowest BCUT2D eigenvalue weighted by atomic mass is 9.90. The first-order chi connectivity index (χ1) is 7.44. The number of aryl methyl sites for hydroxylation is 1. The second-order valence-electron chi connectivity index (χ2n) is 4.69. The molecule has 90 valence electrons. The van der Waals surface area contributed by atoms with Gasteiger partial charge in [0.25, 0.3) is 5.91 Å². The van der Waals surface area contributed by atoms with Crippen LogP contribution in [-0.2, 0) is 7.05 Å². The highest BCUT2D eigenvalue weighted by Crippen LogP contribution is 2.19. The number of halogens is 1. The van der Waals surface area contributed by atoms with E-state index in [4.69, 9.17) is 11.6 Å². The lowest BCUT2D eigenvalue weighted by molar-refractivity contribution is 0.0936. The van der Waals surface area contributed by atoms with Gasteiger partial charge in [0.15, 0.2) is 0 Å². The molecule has 0 spiro atoms. The van der Waals surface area contributed by atoms with Crippen molar-refractivity contribution in [2.24, 2.45) is 12.5 Å². The van der Waals surface area contributed by atoms with Crippen LogP contribution < -0.4 is 5.32 Å². The number of hydrogen-bond acceptors (Lipinski definition) is 2. The first kappa shape index (κ1) is 13.0. The first-order valence-corrected chi connectivity index (χ1v) is 5.81. The summed E-state index contributed by atoms with van der Waals surface area (Å²) >= 11 is 5.70. The van der Waals surface area contributed by atoms with Crippen LogP contribution in [0.5, 0.6) is 0 Å². The van der Waals surface area contributed by atoms with Gasteiger partial charge < -0.3 is 5.32 Å². The Kier molecular flexibility index (Phi) is 4.35. The number of aromatic nitrogens is 2. The van der Waals surface area contributed by atoms with Gasteiger partial charge in [-0.25, -0.2) is 0 Å². The molecule has 0 aliphatic carbocycles. The smallest absolute Gasteiger partial charge is 0.254 e. The van der Waals surface area contributed by atoms with E-state index >= 15 is 0 Å². The molecule has 0 unspecified atom stereocenters. The van der Waals surface area contributed by atoms with Crippen molar-refractivity contribution >= 4 is 17.5 Å². The second kappa shape index (κ2) is 5.34. The number of carbonyl (C=O) groups excluding carboxylic acids is 1. The highest BCUT2D eigenvalue weighted by atomic mass is 35.5. The van der Waals surface area contributed by atoms with Crippen LogP contribution in [0, 0.1) is 5.41 Å². The van der Waals surface area contributed by atoms with Gasteiger partial charge >= 0.3 is 0 Å². The number of amides is 1. The second-order valence-corrected chi connectivity index (χ2v) is 5.07. The molecule has 0 aliphatic rings. The molecular formula is C11H18ClN3O. The number of alkyl halides is 1. The lowest BCUT2D eigenvalue weighted by Crippen LogP contribution is -2.34. The maximum Gasteiger partial charge on any atom is 0.254 e. The molecule has 4 nitrogen and oxygen atoms in total. The maximum atomic E-state index is 11.7. The Morgan fingerprint density at radius 3 is 2.81 bits per heavy atom. The minimum atomic E-state index is -0.0873. The van der Waals surface area contributed by atoms with Gasteiger partial charge in [0, 0.05) is 25.7 Å². The minimum absolute atomic E-state index is 0.0274. The van der Waals surface area contributed by atoms with Crippen molar-refractivity contribution in [3.05, 3.63) is 18.0 Å². The van der Waals surface area contributed by atoms with Crippen LogP contribution in [-0.4, -0.2) is 28.1 Å². The third kappa shape index (κ3) is 3.85. The zero-order chi connectivity index (χ0) is 12.2. The molecule has 0 aliphatic heterocycles. The maximum absolute atomic E-state index is 11.7. The van der Waals surface area contributed by atoms with E-state index in [1.165, 1.54) is 0 Å². The van der Waals surface area contributed by atoms with Gasteiger partial charge in [-0.15, -0.1) is 11.6 Å². The fourth-order valence-electron chi connectivity index (χ4n) is 1.30. The average Bonchev–Trinajstić information content (AvgIpc) is 2.61. The van der Waals surface area contributed by atoms with Crippen LogP contribution in [0.4, 0.5) is 0 Å². The van der Waals surface area contributed by atoms with Crippen molar-refractivity contribution in [2.75, 3.05) is 12.4 Å². The Morgan fingerprint density at radius 1 is 1.62 bits per heavy atom. The molecule has 1 N–H and O–H groups in total. The van der Waals surface area contributed by atoms with Crippen LogP contribution in [0.1, 0.15) is 30.6 Å². The third-order valence-corrected chi connectivity index (χ3v) is 2.65. The molecule has 0 fully saturated rings. The molecule has 1 rings (SSSR count). The van der Waals surface area contributed by atoms with E-state index in [2.05, 4.69) is 24.3 Å². The van der Waals surface area contributed by atoms with Gasteiger partial charge in [-0.05, 0) is 11.8 Å². The lowest BCUT2D eigenvalue weighted by Gasteiger charge is -2.23. The van der Waals surface area contributed by atoms with Crippen molar-refractivity contribution in [2.45, 2.75) is 20.3 Å². The van der Waals surface area contributed by atoms with Gasteiger partial charge in [0.1, 0.15) is 0 Å². The normalized spacial score (nSPS) is 11.5. The molecule has 0 bridgehead atoms. The first-order valence-electron chi connectivity index (χ1n) is 5.27. The largest absolute Gasteiger partial charge is 0.351 e.